The summed E-state index contributed by atoms with van der Waals surface area (Å²) in [7, 11) is 0. The summed E-state index contributed by atoms with van der Waals surface area (Å²) in [6.07, 6.45) is 3.89. The molecule has 1 aliphatic carbocycles. The molecule has 1 aromatic carbocycles. The van der Waals surface area contributed by atoms with Crippen molar-refractivity contribution < 1.29 is 4.79 Å². The molecule has 17 heavy (non-hydrogen) atoms. The van der Waals surface area contributed by atoms with E-state index in [1.807, 2.05) is 36.4 Å². The van der Waals surface area contributed by atoms with Crippen LogP contribution in [-0.4, -0.2) is 10.5 Å². The van der Waals surface area contributed by atoms with Crippen molar-refractivity contribution in [3.05, 3.63) is 64.4 Å². The van der Waals surface area contributed by atoms with E-state index in [0.29, 0.717) is 12.1 Å². The van der Waals surface area contributed by atoms with E-state index in [4.69, 9.17) is 10.9 Å². The van der Waals surface area contributed by atoms with Gasteiger partial charge in [-0.15, -0.1) is 0 Å². The lowest BCUT2D eigenvalue weighted by Gasteiger charge is -2.07. The number of rotatable bonds is 2. The Morgan fingerprint density at radius 1 is 1.24 bits per heavy atom. The van der Waals surface area contributed by atoms with Crippen molar-refractivity contribution in [1.29, 1.82) is 5.39 Å². The fourth-order valence-electron chi connectivity index (χ4n) is 1.55. The molecule has 5 heteroatoms. The molecule has 0 heterocycles. The largest absolute Gasteiger partial charge is 0.470 e. The summed E-state index contributed by atoms with van der Waals surface area (Å²) in [5.74, 6) is 0. The quantitative estimate of drug-likeness (QED) is 0.476. The lowest BCUT2D eigenvalue weighted by molar-refractivity contribution is -0.00620. The molecule has 0 aromatic heterocycles. The van der Waals surface area contributed by atoms with Gasteiger partial charge in [0.15, 0.2) is 4.98 Å². The Balaban J connectivity index is 2.21. The van der Waals surface area contributed by atoms with Gasteiger partial charge in [0.1, 0.15) is 0 Å². The summed E-state index contributed by atoms with van der Waals surface area (Å²) in [6.45, 7) is 0. The Kier molecular flexibility index (Phi) is 3.10. The highest BCUT2D eigenvalue weighted by Gasteiger charge is 2.30. The number of anilines is 1. The third-order valence-electron chi connectivity index (χ3n) is 2.39. The average Bonchev–Trinajstić information content (AvgIpc) is 2.40. The van der Waals surface area contributed by atoms with Crippen LogP contribution in [0.2, 0.25) is 0 Å². The van der Waals surface area contributed by atoms with Crippen LogP contribution in [0.5, 0.6) is 0 Å². The van der Waals surface area contributed by atoms with Crippen LogP contribution in [0.1, 0.15) is 6.42 Å². The second-order valence-corrected chi connectivity index (χ2v) is 3.53. The maximum Gasteiger partial charge on any atom is 0.470 e. The zero-order chi connectivity index (χ0) is 12.1. The number of diazo groups is 1. The summed E-state index contributed by atoms with van der Waals surface area (Å²) in [5.41, 5.74) is 11.0. The molecule has 0 bridgehead atoms. The second-order valence-electron chi connectivity index (χ2n) is 3.53. The van der Waals surface area contributed by atoms with Gasteiger partial charge < -0.3 is 10.8 Å². The summed E-state index contributed by atoms with van der Waals surface area (Å²) < 4.78 is 0. The van der Waals surface area contributed by atoms with Crippen molar-refractivity contribution in [1.82, 2.24) is 0 Å². The Morgan fingerprint density at radius 2 is 2.00 bits per heavy atom. The minimum absolute atomic E-state index is 0.258. The summed E-state index contributed by atoms with van der Waals surface area (Å²) in [4.78, 5) is 6.14. The topological polar surface area (TPSA) is 76.6 Å². The molecule has 0 radical (unpaired) electrons. The third-order valence-corrected chi connectivity index (χ3v) is 2.39. The highest BCUT2D eigenvalue weighted by molar-refractivity contribution is 6.00. The molecule has 0 spiro atoms. The van der Waals surface area contributed by atoms with E-state index >= 15 is 0 Å². The van der Waals surface area contributed by atoms with Gasteiger partial charge in [-0.1, -0.05) is 18.2 Å². The molecule has 0 saturated carbocycles. The predicted octanol–water partition coefficient (Wildman–Crippen LogP) is 2.79. The standard InChI is InChI=1S/C12H10N5/c13-16-11-7-6-10(8-12(11)17-14)15-9-4-2-1-3-5-9/h1-6,8,15H,7H2/q+1. The monoisotopic (exact) mass is 224 g/mol. The zero-order valence-electron chi connectivity index (χ0n) is 9.04. The van der Waals surface area contributed by atoms with E-state index in [1.54, 1.807) is 6.08 Å². The first-order valence-electron chi connectivity index (χ1n) is 5.14. The first kappa shape index (κ1) is 10.8. The van der Waals surface area contributed by atoms with Gasteiger partial charge in [-0.3, -0.25) is 0 Å². The number of hydrogen-bond acceptors (Lipinski definition) is 2. The third kappa shape index (κ3) is 2.46. The van der Waals surface area contributed by atoms with Crippen LogP contribution in [0, 0.1) is 5.39 Å². The van der Waals surface area contributed by atoms with Crippen LogP contribution in [0.3, 0.4) is 0 Å². The van der Waals surface area contributed by atoms with Crippen molar-refractivity contribution in [2.45, 2.75) is 6.42 Å². The van der Waals surface area contributed by atoms with Gasteiger partial charge in [0.25, 0.3) is 0 Å². The summed E-state index contributed by atoms with van der Waals surface area (Å²) in [6, 6.07) is 9.64. The highest BCUT2D eigenvalue weighted by Crippen LogP contribution is 2.17. The predicted molar refractivity (Wildman–Crippen MR) is 64.6 cm³/mol. The number of hydrogen-bond donors (Lipinski definition) is 1. The Morgan fingerprint density at radius 3 is 2.65 bits per heavy atom. The van der Waals surface area contributed by atoms with E-state index in [-0.39, 0.29) is 5.70 Å². The molecule has 1 aliphatic rings. The van der Waals surface area contributed by atoms with E-state index in [2.05, 4.69) is 15.1 Å². The molecule has 0 saturated heterocycles. The molecule has 82 valence electrons. The molecule has 1 aromatic rings. The van der Waals surface area contributed by atoms with E-state index < -0.39 is 0 Å². The van der Waals surface area contributed by atoms with Gasteiger partial charge in [0, 0.05) is 11.4 Å². The van der Waals surface area contributed by atoms with Crippen molar-refractivity contribution in [3.8, 4) is 0 Å². The molecule has 0 unspecified atom stereocenters. The second kappa shape index (κ2) is 4.88. The van der Waals surface area contributed by atoms with E-state index in [0.717, 1.165) is 11.4 Å². The van der Waals surface area contributed by atoms with Crippen LogP contribution in [-0.2, 0) is 0 Å². The molecular weight excluding hydrogens is 214 g/mol. The van der Waals surface area contributed by atoms with Crippen LogP contribution < -0.4 is 5.32 Å². The zero-order valence-corrected chi connectivity index (χ0v) is 9.04. The lowest BCUT2D eigenvalue weighted by Crippen LogP contribution is -2.09. The summed E-state index contributed by atoms with van der Waals surface area (Å²) >= 11 is 0. The first-order valence-corrected chi connectivity index (χ1v) is 5.14. The molecule has 0 atom stereocenters. The molecule has 0 aliphatic heterocycles. The SMILES string of the molecule is N#[N+]C1=CC(Nc2ccccc2)=CCC1=[N+]=[N-]. The number of nitrogens with zero attached hydrogens (tertiary/aromatic N) is 4. The van der Waals surface area contributed by atoms with Gasteiger partial charge in [0.2, 0.25) is 5.39 Å². The van der Waals surface area contributed by atoms with Crippen molar-refractivity contribution in [3.63, 3.8) is 0 Å². The normalized spacial score (nSPS) is 14.2. The van der Waals surface area contributed by atoms with Crippen LogP contribution in [0.4, 0.5) is 5.69 Å². The van der Waals surface area contributed by atoms with E-state index in [1.165, 1.54) is 0 Å². The van der Waals surface area contributed by atoms with Gasteiger partial charge in [-0.05, 0) is 18.2 Å². The maximum absolute atomic E-state index is 8.79. The fourth-order valence-corrected chi connectivity index (χ4v) is 1.55. The van der Waals surface area contributed by atoms with Crippen molar-refractivity contribution in [2.24, 2.45) is 0 Å². The fraction of sp³-hybridized carbons (Fsp3) is 0.0833. The van der Waals surface area contributed by atoms with Gasteiger partial charge in [-0.2, -0.15) is 4.79 Å². The maximum atomic E-state index is 8.79. The van der Waals surface area contributed by atoms with Gasteiger partial charge in [0.05, 0.1) is 12.5 Å². The number of para-hydroxylation sites is 1. The van der Waals surface area contributed by atoms with Crippen LogP contribution >= 0.6 is 0 Å². The smallest absolute Gasteiger partial charge is 0.361 e. The first-order chi connectivity index (χ1) is 8.33. The molecular formula is C12H10N5+. The Bertz CT molecular complexity index is 571. The average molecular weight is 224 g/mol. The summed E-state index contributed by atoms with van der Waals surface area (Å²) in [5, 5.41) is 12.0. The van der Waals surface area contributed by atoms with Crippen molar-refractivity contribution >= 4 is 11.4 Å². The van der Waals surface area contributed by atoms with Gasteiger partial charge in [-0.25, -0.2) is 0 Å². The Hall–Kier alpha value is -2.70. The number of nitrogens with one attached hydrogen (secondary N) is 1. The minimum atomic E-state index is 0.258. The van der Waals surface area contributed by atoms with E-state index in [9.17, 15) is 0 Å². The molecule has 1 N–H and O–H groups in total. The molecule has 0 amide bonds. The lowest BCUT2D eigenvalue weighted by atomic mass is 10.1. The molecule has 5 nitrogen and oxygen atoms in total. The Labute approximate surface area is 98.3 Å². The van der Waals surface area contributed by atoms with Gasteiger partial charge >= 0.3 is 11.4 Å². The van der Waals surface area contributed by atoms with Crippen molar-refractivity contribution in [2.75, 3.05) is 5.32 Å². The molecule has 0 fully saturated rings. The minimum Gasteiger partial charge on any atom is -0.361 e. The number of benzene rings is 1. The van der Waals surface area contributed by atoms with Crippen LogP contribution in [0.25, 0.3) is 10.5 Å². The van der Waals surface area contributed by atoms with Crippen LogP contribution in [0.15, 0.2) is 53.9 Å². The highest BCUT2D eigenvalue weighted by atomic mass is 14.9. The number of allylic oxidation sites excluding steroid dienone is 3. The molecule has 2 rings (SSSR count).